The van der Waals surface area contributed by atoms with E-state index in [1.54, 1.807) is 18.2 Å². The van der Waals surface area contributed by atoms with Crippen LogP contribution in [0.2, 0.25) is 0 Å². The highest BCUT2D eigenvalue weighted by atomic mass is 35.5. The predicted molar refractivity (Wildman–Crippen MR) is 67.7 cm³/mol. The molecule has 4 nitrogen and oxygen atoms in total. The summed E-state index contributed by atoms with van der Waals surface area (Å²) in [5, 5.41) is 0.511. The number of aromatic amines is 1. The molecule has 1 heterocycles. The van der Waals surface area contributed by atoms with Crippen molar-refractivity contribution in [2.45, 2.75) is 25.8 Å². The summed E-state index contributed by atoms with van der Waals surface area (Å²) < 4.78 is 5.53. The quantitative estimate of drug-likeness (QED) is 0.854. The third-order valence-corrected chi connectivity index (χ3v) is 2.48. The van der Waals surface area contributed by atoms with Crippen LogP contribution in [0.5, 0.6) is 5.75 Å². The number of fused-ring (bicyclic) bond motifs is 1. The van der Waals surface area contributed by atoms with Crippen molar-refractivity contribution < 1.29 is 4.74 Å². The highest BCUT2D eigenvalue weighted by Crippen LogP contribution is 2.18. The van der Waals surface area contributed by atoms with Gasteiger partial charge in [0.2, 0.25) is 0 Å². The van der Waals surface area contributed by atoms with Gasteiger partial charge in [-0.15, -0.1) is 11.6 Å². The summed E-state index contributed by atoms with van der Waals surface area (Å²) >= 11 is 5.64. The van der Waals surface area contributed by atoms with E-state index in [0.29, 0.717) is 22.5 Å². The van der Waals surface area contributed by atoms with E-state index >= 15 is 0 Å². The number of benzene rings is 1. The molecule has 0 aliphatic rings. The zero-order valence-electron chi connectivity index (χ0n) is 9.66. The van der Waals surface area contributed by atoms with Crippen molar-refractivity contribution in [3.05, 3.63) is 34.4 Å². The van der Waals surface area contributed by atoms with Crippen LogP contribution in [0.25, 0.3) is 10.9 Å². The van der Waals surface area contributed by atoms with Crippen LogP contribution in [0.3, 0.4) is 0 Å². The third kappa shape index (κ3) is 2.58. The molecule has 0 spiro atoms. The van der Waals surface area contributed by atoms with E-state index in [4.69, 9.17) is 16.3 Å². The lowest BCUT2D eigenvalue weighted by Crippen LogP contribution is -2.12. The molecule has 1 aromatic heterocycles. The Morgan fingerprint density at radius 3 is 2.88 bits per heavy atom. The molecule has 0 bridgehead atoms. The van der Waals surface area contributed by atoms with Gasteiger partial charge in [0.05, 0.1) is 22.9 Å². The summed E-state index contributed by atoms with van der Waals surface area (Å²) in [4.78, 5) is 18.6. The maximum Gasteiger partial charge on any atom is 0.258 e. The molecule has 90 valence electrons. The fourth-order valence-electron chi connectivity index (χ4n) is 1.58. The van der Waals surface area contributed by atoms with Crippen molar-refractivity contribution in [3.8, 4) is 5.75 Å². The summed E-state index contributed by atoms with van der Waals surface area (Å²) in [7, 11) is 0. The molecule has 0 unspecified atom stereocenters. The first-order valence-electron chi connectivity index (χ1n) is 5.35. The molecular weight excluding hydrogens is 240 g/mol. The van der Waals surface area contributed by atoms with Crippen LogP contribution in [-0.4, -0.2) is 16.1 Å². The molecule has 0 saturated heterocycles. The Hall–Kier alpha value is -1.55. The fraction of sp³-hybridized carbons (Fsp3) is 0.333. The lowest BCUT2D eigenvalue weighted by molar-refractivity contribution is 0.242. The maximum atomic E-state index is 11.8. The minimum absolute atomic E-state index is 0.0709. The number of ether oxygens (including phenoxy) is 1. The number of halogens is 1. The van der Waals surface area contributed by atoms with Crippen LogP contribution in [0.1, 0.15) is 19.7 Å². The van der Waals surface area contributed by atoms with E-state index < -0.39 is 0 Å². The van der Waals surface area contributed by atoms with Crippen molar-refractivity contribution >= 4 is 22.5 Å². The Labute approximate surface area is 104 Å². The SMILES string of the molecule is CC(C)Oc1ccc2nc(CCl)[nH]c(=O)c2c1. The molecule has 0 aliphatic heterocycles. The Morgan fingerprint density at radius 1 is 1.47 bits per heavy atom. The lowest BCUT2D eigenvalue weighted by atomic mass is 10.2. The highest BCUT2D eigenvalue weighted by Gasteiger charge is 2.05. The molecule has 1 aromatic carbocycles. The Morgan fingerprint density at radius 2 is 2.24 bits per heavy atom. The largest absolute Gasteiger partial charge is 0.491 e. The zero-order chi connectivity index (χ0) is 12.4. The first kappa shape index (κ1) is 11.9. The standard InChI is InChI=1S/C12H13ClN2O2/c1-7(2)17-8-3-4-10-9(5-8)12(16)15-11(6-13)14-10/h3-5,7H,6H2,1-2H3,(H,14,15,16). The average molecular weight is 253 g/mol. The minimum atomic E-state index is -0.195. The number of H-pyrrole nitrogens is 1. The van der Waals surface area contributed by atoms with E-state index in [0.717, 1.165) is 0 Å². The molecule has 17 heavy (non-hydrogen) atoms. The van der Waals surface area contributed by atoms with Crippen molar-refractivity contribution in [2.75, 3.05) is 0 Å². The van der Waals surface area contributed by atoms with Crippen molar-refractivity contribution in [3.63, 3.8) is 0 Å². The number of nitrogens with zero attached hydrogens (tertiary/aromatic N) is 1. The molecule has 0 fully saturated rings. The molecule has 0 atom stereocenters. The summed E-state index contributed by atoms with van der Waals surface area (Å²) in [6.07, 6.45) is 0.0709. The number of hydrogen-bond acceptors (Lipinski definition) is 3. The number of alkyl halides is 1. The monoisotopic (exact) mass is 252 g/mol. The Balaban J connectivity index is 2.55. The summed E-state index contributed by atoms with van der Waals surface area (Å²) in [6.45, 7) is 3.87. The van der Waals surface area contributed by atoms with Gasteiger partial charge in [-0.05, 0) is 32.0 Å². The van der Waals surface area contributed by atoms with E-state index in [2.05, 4.69) is 9.97 Å². The minimum Gasteiger partial charge on any atom is -0.491 e. The molecule has 1 N–H and O–H groups in total. The van der Waals surface area contributed by atoms with E-state index in [-0.39, 0.29) is 17.5 Å². The van der Waals surface area contributed by atoms with Crippen LogP contribution in [0.4, 0.5) is 0 Å². The zero-order valence-corrected chi connectivity index (χ0v) is 10.4. The molecular formula is C12H13ClN2O2. The van der Waals surface area contributed by atoms with Crippen LogP contribution >= 0.6 is 11.6 Å². The van der Waals surface area contributed by atoms with Crippen molar-refractivity contribution in [1.82, 2.24) is 9.97 Å². The van der Waals surface area contributed by atoms with Gasteiger partial charge in [0.15, 0.2) is 0 Å². The van der Waals surface area contributed by atoms with Crippen LogP contribution in [0, 0.1) is 0 Å². The second kappa shape index (κ2) is 4.75. The topological polar surface area (TPSA) is 55.0 Å². The Kier molecular flexibility index (Phi) is 3.33. The average Bonchev–Trinajstić information content (AvgIpc) is 2.29. The van der Waals surface area contributed by atoms with Gasteiger partial charge in [0, 0.05) is 0 Å². The van der Waals surface area contributed by atoms with Crippen molar-refractivity contribution in [2.24, 2.45) is 0 Å². The van der Waals surface area contributed by atoms with Gasteiger partial charge in [-0.1, -0.05) is 0 Å². The highest BCUT2D eigenvalue weighted by molar-refractivity contribution is 6.16. The van der Waals surface area contributed by atoms with Crippen LogP contribution in [-0.2, 0) is 5.88 Å². The van der Waals surface area contributed by atoms with E-state index in [1.165, 1.54) is 0 Å². The first-order valence-corrected chi connectivity index (χ1v) is 5.89. The number of rotatable bonds is 3. The molecule has 0 aliphatic carbocycles. The summed E-state index contributed by atoms with van der Waals surface area (Å²) in [5.41, 5.74) is 0.431. The second-order valence-electron chi connectivity index (χ2n) is 3.99. The van der Waals surface area contributed by atoms with Gasteiger partial charge in [0.25, 0.3) is 5.56 Å². The molecule has 0 radical (unpaired) electrons. The smallest absolute Gasteiger partial charge is 0.258 e. The second-order valence-corrected chi connectivity index (χ2v) is 4.26. The molecule has 2 rings (SSSR count). The summed E-state index contributed by atoms with van der Waals surface area (Å²) in [5.74, 6) is 1.33. The Bertz CT molecular complexity index is 593. The van der Waals surface area contributed by atoms with Gasteiger partial charge in [0.1, 0.15) is 11.6 Å². The third-order valence-electron chi connectivity index (χ3n) is 2.22. The van der Waals surface area contributed by atoms with Gasteiger partial charge in [-0.25, -0.2) is 4.98 Å². The number of nitrogens with one attached hydrogen (secondary N) is 1. The lowest BCUT2D eigenvalue weighted by Gasteiger charge is -2.09. The van der Waals surface area contributed by atoms with E-state index in [9.17, 15) is 4.79 Å². The molecule has 0 amide bonds. The van der Waals surface area contributed by atoms with E-state index in [1.807, 2.05) is 13.8 Å². The molecule has 2 aromatic rings. The maximum absolute atomic E-state index is 11.8. The van der Waals surface area contributed by atoms with Gasteiger partial charge < -0.3 is 9.72 Å². The number of hydrogen-bond donors (Lipinski definition) is 1. The van der Waals surface area contributed by atoms with Crippen LogP contribution in [0.15, 0.2) is 23.0 Å². The first-order chi connectivity index (χ1) is 8.10. The fourth-order valence-corrected chi connectivity index (χ4v) is 1.70. The van der Waals surface area contributed by atoms with Crippen LogP contribution < -0.4 is 10.3 Å². The van der Waals surface area contributed by atoms with Gasteiger partial charge >= 0.3 is 0 Å². The molecule has 0 saturated carbocycles. The van der Waals surface area contributed by atoms with Gasteiger partial charge in [-0.3, -0.25) is 4.79 Å². The van der Waals surface area contributed by atoms with Crippen molar-refractivity contribution in [1.29, 1.82) is 0 Å². The predicted octanol–water partition coefficient (Wildman–Crippen LogP) is 2.45. The van der Waals surface area contributed by atoms with Gasteiger partial charge in [-0.2, -0.15) is 0 Å². The molecule has 5 heteroatoms. The normalized spacial score (nSPS) is 11.1. The number of aromatic nitrogens is 2. The summed E-state index contributed by atoms with van der Waals surface area (Å²) in [6, 6.07) is 5.25.